The lowest BCUT2D eigenvalue weighted by Gasteiger charge is -2.17. The molecule has 2 N–H and O–H groups in total. The molecule has 0 heterocycles. The number of aliphatic imine (C=N–C) groups is 1. The summed E-state index contributed by atoms with van der Waals surface area (Å²) in [6.07, 6.45) is -2.62. The minimum Gasteiger partial charge on any atom is -0.466 e. The minimum atomic E-state index is -1.21. The van der Waals surface area contributed by atoms with E-state index in [1.165, 1.54) is 0 Å². The van der Waals surface area contributed by atoms with Crippen molar-refractivity contribution in [1.29, 1.82) is 0 Å². The molecule has 0 aliphatic rings. The van der Waals surface area contributed by atoms with E-state index < -0.39 is 18.2 Å². The summed E-state index contributed by atoms with van der Waals surface area (Å²) < 4.78 is 4.70. The van der Waals surface area contributed by atoms with Crippen LogP contribution in [0.1, 0.15) is 25.0 Å². The van der Waals surface area contributed by atoms with Gasteiger partial charge >= 0.3 is 5.97 Å². The van der Waals surface area contributed by atoms with Crippen LogP contribution in [0.2, 0.25) is 0 Å². The van der Waals surface area contributed by atoms with Crippen molar-refractivity contribution in [2.45, 2.75) is 25.6 Å². The molecule has 0 radical (unpaired) electrons. The van der Waals surface area contributed by atoms with E-state index in [1.807, 2.05) is 0 Å². The molecule has 19 heavy (non-hydrogen) atoms. The molecule has 0 aliphatic heterocycles. The molecule has 0 saturated carbocycles. The Bertz CT molecular complexity index is 468. The van der Waals surface area contributed by atoms with Gasteiger partial charge in [-0.15, -0.1) is 0 Å². The van der Waals surface area contributed by atoms with Gasteiger partial charge in [0.2, 0.25) is 0 Å². The normalized spacial score (nSPS) is 13.2. The van der Waals surface area contributed by atoms with Gasteiger partial charge in [-0.25, -0.2) is 0 Å². The van der Waals surface area contributed by atoms with Crippen molar-refractivity contribution >= 4 is 29.0 Å². The zero-order valence-corrected chi connectivity index (χ0v) is 11.3. The molecule has 5 nitrogen and oxygen atoms in total. The summed E-state index contributed by atoms with van der Waals surface area (Å²) in [7, 11) is 0. The zero-order valence-electron chi connectivity index (χ0n) is 10.4. The van der Waals surface area contributed by atoms with Crippen LogP contribution in [-0.2, 0) is 9.53 Å². The highest BCUT2D eigenvalue weighted by atomic mass is 32.1. The van der Waals surface area contributed by atoms with E-state index in [0.717, 1.165) is 0 Å². The van der Waals surface area contributed by atoms with E-state index in [-0.39, 0.29) is 13.0 Å². The first-order valence-corrected chi connectivity index (χ1v) is 6.19. The van der Waals surface area contributed by atoms with Crippen LogP contribution in [0.3, 0.4) is 0 Å². The molecule has 102 valence electrons. The van der Waals surface area contributed by atoms with Crippen molar-refractivity contribution in [3.63, 3.8) is 0 Å². The molecular formula is C13H15NO4S. The Morgan fingerprint density at radius 2 is 2.05 bits per heavy atom. The second-order valence-electron chi connectivity index (χ2n) is 3.82. The Morgan fingerprint density at radius 1 is 1.42 bits per heavy atom. The number of carbonyl (C=O) groups is 1. The van der Waals surface area contributed by atoms with E-state index in [9.17, 15) is 15.0 Å². The number of aliphatic hydroxyl groups is 2. The van der Waals surface area contributed by atoms with Gasteiger partial charge in [0.1, 0.15) is 6.10 Å². The Morgan fingerprint density at radius 3 is 2.58 bits per heavy atom. The summed E-state index contributed by atoms with van der Waals surface area (Å²) in [5, 5.41) is 21.9. The first-order valence-electron chi connectivity index (χ1n) is 5.78. The van der Waals surface area contributed by atoms with E-state index in [1.54, 1.807) is 31.2 Å². The fourth-order valence-corrected chi connectivity index (χ4v) is 1.63. The van der Waals surface area contributed by atoms with Crippen LogP contribution >= 0.6 is 12.2 Å². The van der Waals surface area contributed by atoms with Crippen molar-refractivity contribution in [1.82, 2.24) is 0 Å². The third-order valence-electron chi connectivity index (χ3n) is 2.45. The Kier molecular flexibility index (Phi) is 6.32. The van der Waals surface area contributed by atoms with E-state index in [2.05, 4.69) is 22.4 Å². The number of benzene rings is 1. The number of hydrogen-bond donors (Lipinski definition) is 2. The highest BCUT2D eigenvalue weighted by Gasteiger charge is 2.21. The van der Waals surface area contributed by atoms with E-state index in [4.69, 9.17) is 4.74 Å². The molecule has 6 heteroatoms. The summed E-state index contributed by atoms with van der Waals surface area (Å²) in [6.45, 7) is 1.92. The third-order valence-corrected chi connectivity index (χ3v) is 2.55. The molecule has 2 unspecified atom stereocenters. The smallest absolute Gasteiger partial charge is 0.308 e. The molecule has 0 aliphatic carbocycles. The van der Waals surface area contributed by atoms with Gasteiger partial charge < -0.3 is 14.9 Å². The van der Waals surface area contributed by atoms with Crippen LogP contribution in [0, 0.1) is 0 Å². The maximum absolute atomic E-state index is 11.2. The Labute approximate surface area is 116 Å². The van der Waals surface area contributed by atoms with Crippen molar-refractivity contribution in [3.05, 3.63) is 29.8 Å². The first kappa shape index (κ1) is 15.5. The van der Waals surface area contributed by atoms with Gasteiger partial charge in [0.25, 0.3) is 0 Å². The number of aliphatic hydroxyl groups excluding tert-OH is 2. The topological polar surface area (TPSA) is 79.1 Å². The Hall–Kier alpha value is -1.59. The fraction of sp³-hybridized carbons (Fsp3) is 0.385. The fourth-order valence-electron chi connectivity index (χ4n) is 1.52. The molecule has 2 atom stereocenters. The summed E-state index contributed by atoms with van der Waals surface area (Å²) in [5.74, 6) is -0.545. The maximum atomic E-state index is 11.2. The number of carbonyl (C=O) groups excluding carboxylic acids is 1. The number of rotatable bonds is 6. The number of thiocarbonyl (C=S) groups is 1. The molecule has 0 amide bonds. The van der Waals surface area contributed by atoms with Gasteiger partial charge in [-0.2, -0.15) is 4.99 Å². The van der Waals surface area contributed by atoms with Crippen LogP contribution in [-0.4, -0.2) is 34.1 Å². The molecule has 0 spiro atoms. The number of isothiocyanates is 1. The SMILES string of the molecule is CCOC(=O)CC(O)C(O)c1ccc(N=C=S)cc1. The average Bonchev–Trinajstić information content (AvgIpc) is 2.39. The zero-order chi connectivity index (χ0) is 14.3. The van der Waals surface area contributed by atoms with Crippen molar-refractivity contribution in [2.24, 2.45) is 4.99 Å². The highest BCUT2D eigenvalue weighted by Crippen LogP contribution is 2.22. The monoisotopic (exact) mass is 281 g/mol. The van der Waals surface area contributed by atoms with Gasteiger partial charge in [0.05, 0.1) is 30.0 Å². The van der Waals surface area contributed by atoms with Crippen LogP contribution in [0.15, 0.2) is 29.3 Å². The third kappa shape index (κ3) is 4.89. The van der Waals surface area contributed by atoms with Gasteiger partial charge in [0.15, 0.2) is 0 Å². The number of hydrogen-bond acceptors (Lipinski definition) is 6. The largest absolute Gasteiger partial charge is 0.466 e. The van der Waals surface area contributed by atoms with Crippen molar-refractivity contribution in [3.8, 4) is 0 Å². The van der Waals surface area contributed by atoms with Gasteiger partial charge in [-0.1, -0.05) is 12.1 Å². The lowest BCUT2D eigenvalue weighted by Crippen LogP contribution is -2.23. The average molecular weight is 281 g/mol. The molecule has 0 bridgehead atoms. The quantitative estimate of drug-likeness (QED) is 0.472. The van der Waals surface area contributed by atoms with Gasteiger partial charge in [0, 0.05) is 0 Å². The maximum Gasteiger partial charge on any atom is 0.308 e. The molecule has 0 aromatic heterocycles. The van der Waals surface area contributed by atoms with Crippen LogP contribution in [0.5, 0.6) is 0 Å². The molecule has 0 saturated heterocycles. The highest BCUT2D eigenvalue weighted by molar-refractivity contribution is 7.78. The molecule has 1 aromatic rings. The lowest BCUT2D eigenvalue weighted by molar-refractivity contribution is -0.147. The summed E-state index contributed by atoms with van der Waals surface area (Å²) in [4.78, 5) is 15.0. The van der Waals surface area contributed by atoms with Gasteiger partial charge in [-0.05, 0) is 36.8 Å². The van der Waals surface area contributed by atoms with Crippen LogP contribution < -0.4 is 0 Å². The predicted molar refractivity (Wildman–Crippen MR) is 73.3 cm³/mol. The number of esters is 1. The summed E-state index contributed by atoms with van der Waals surface area (Å²) >= 11 is 4.47. The molecule has 1 rings (SSSR count). The summed E-state index contributed by atoms with van der Waals surface area (Å²) in [5.41, 5.74) is 1.09. The summed E-state index contributed by atoms with van der Waals surface area (Å²) in [6, 6.07) is 6.47. The van der Waals surface area contributed by atoms with Gasteiger partial charge in [-0.3, -0.25) is 4.79 Å². The number of ether oxygens (including phenoxy) is 1. The van der Waals surface area contributed by atoms with E-state index >= 15 is 0 Å². The predicted octanol–water partition coefficient (Wildman–Crippen LogP) is 1.77. The van der Waals surface area contributed by atoms with Crippen molar-refractivity contribution < 1.29 is 19.7 Å². The van der Waals surface area contributed by atoms with Crippen LogP contribution in [0.4, 0.5) is 5.69 Å². The Balaban J connectivity index is 2.68. The minimum absolute atomic E-state index is 0.242. The standard InChI is InChI=1S/C13H15NO4S/c1-2-18-12(16)7-11(15)13(17)9-3-5-10(6-4-9)14-8-19/h3-6,11,13,15,17H,2,7H2,1H3. The van der Waals surface area contributed by atoms with Crippen molar-refractivity contribution in [2.75, 3.05) is 6.61 Å². The molecular weight excluding hydrogens is 266 g/mol. The second kappa shape index (κ2) is 7.76. The molecule has 0 fully saturated rings. The van der Waals surface area contributed by atoms with Crippen LogP contribution in [0.25, 0.3) is 0 Å². The van der Waals surface area contributed by atoms with E-state index in [0.29, 0.717) is 11.3 Å². The number of nitrogens with zero attached hydrogens (tertiary/aromatic N) is 1. The second-order valence-corrected chi connectivity index (χ2v) is 4.00. The lowest BCUT2D eigenvalue weighted by atomic mass is 10.0. The first-order chi connectivity index (χ1) is 9.08. The molecule has 1 aromatic carbocycles.